The van der Waals surface area contributed by atoms with Crippen molar-refractivity contribution in [2.24, 2.45) is 5.10 Å². The Morgan fingerprint density at radius 1 is 0.769 bits per heavy atom. The molecule has 0 aliphatic heterocycles. The zero-order chi connectivity index (χ0) is 27.0. The summed E-state index contributed by atoms with van der Waals surface area (Å²) in [5.74, 6) is -0.113. The summed E-state index contributed by atoms with van der Waals surface area (Å²) in [6, 6.07) is 35.2. The van der Waals surface area contributed by atoms with Gasteiger partial charge >= 0.3 is 5.97 Å². The molecule has 0 spiro atoms. The molecule has 6 heteroatoms. The van der Waals surface area contributed by atoms with Gasteiger partial charge in [-0.15, -0.1) is 0 Å². The maximum atomic E-state index is 13.0. The lowest BCUT2D eigenvalue weighted by Gasteiger charge is -2.11. The van der Waals surface area contributed by atoms with E-state index in [1.54, 1.807) is 36.4 Å². The molecule has 5 aromatic carbocycles. The number of aryl methyl sites for hydroxylation is 1. The maximum Gasteiger partial charge on any atom is 0.343 e. The van der Waals surface area contributed by atoms with Crippen LogP contribution in [0, 0.1) is 6.92 Å². The first-order chi connectivity index (χ1) is 19.1. The largest absolute Gasteiger partial charge is 0.488 e. The number of benzene rings is 5. The number of ether oxygens (including phenoxy) is 2. The second-order valence-electron chi connectivity index (χ2n) is 8.92. The van der Waals surface area contributed by atoms with Crippen LogP contribution in [0.4, 0.5) is 0 Å². The van der Waals surface area contributed by atoms with Crippen molar-refractivity contribution in [1.29, 1.82) is 0 Å². The Morgan fingerprint density at radius 2 is 1.49 bits per heavy atom. The van der Waals surface area contributed by atoms with Gasteiger partial charge in [-0.1, -0.05) is 90.5 Å². The van der Waals surface area contributed by atoms with Crippen molar-refractivity contribution in [1.82, 2.24) is 5.43 Å². The maximum absolute atomic E-state index is 13.0. The van der Waals surface area contributed by atoms with E-state index in [1.165, 1.54) is 6.21 Å². The van der Waals surface area contributed by atoms with Crippen LogP contribution in [-0.4, -0.2) is 18.1 Å². The lowest BCUT2D eigenvalue weighted by Crippen LogP contribution is -2.19. The van der Waals surface area contributed by atoms with Crippen LogP contribution in [0.5, 0.6) is 11.5 Å². The van der Waals surface area contributed by atoms with Gasteiger partial charge in [0.1, 0.15) is 18.1 Å². The van der Waals surface area contributed by atoms with E-state index in [0.29, 0.717) is 34.8 Å². The second-order valence-corrected chi connectivity index (χ2v) is 8.92. The van der Waals surface area contributed by atoms with Gasteiger partial charge in [-0.05, 0) is 53.6 Å². The molecule has 39 heavy (non-hydrogen) atoms. The molecule has 5 rings (SSSR count). The van der Waals surface area contributed by atoms with Gasteiger partial charge in [-0.25, -0.2) is 10.2 Å². The number of rotatable bonds is 8. The number of esters is 1. The summed E-state index contributed by atoms with van der Waals surface area (Å²) in [5, 5.41) is 5.98. The van der Waals surface area contributed by atoms with Crippen molar-refractivity contribution in [2.75, 3.05) is 0 Å². The van der Waals surface area contributed by atoms with Crippen LogP contribution >= 0.6 is 0 Å². The number of carbonyl (C=O) groups is 2. The summed E-state index contributed by atoms with van der Waals surface area (Å²) >= 11 is 0. The van der Waals surface area contributed by atoms with Crippen LogP contribution in [0.2, 0.25) is 0 Å². The van der Waals surface area contributed by atoms with Crippen molar-refractivity contribution in [3.8, 4) is 11.5 Å². The Kier molecular flexibility index (Phi) is 7.74. The molecule has 0 unspecified atom stereocenters. The number of amides is 1. The zero-order valence-electron chi connectivity index (χ0n) is 21.3. The number of hydrogen-bond acceptors (Lipinski definition) is 5. The standard InChI is InChI=1S/C33H26N2O4/c1-23-15-17-26(18-16-23)33(37)39-31-20-19-25-11-5-6-12-27(25)29(31)21-34-35-32(36)28-13-7-8-14-30(28)38-22-24-9-3-2-4-10-24/h2-21H,22H2,1H3,(H,35,36). The molecule has 1 amide bonds. The van der Waals surface area contributed by atoms with Gasteiger partial charge in [0, 0.05) is 5.56 Å². The normalized spacial score (nSPS) is 10.9. The molecule has 0 saturated carbocycles. The summed E-state index contributed by atoms with van der Waals surface area (Å²) < 4.78 is 11.7. The minimum atomic E-state index is -0.478. The van der Waals surface area contributed by atoms with Crippen molar-refractivity contribution in [2.45, 2.75) is 13.5 Å². The van der Waals surface area contributed by atoms with Crippen LogP contribution in [-0.2, 0) is 6.61 Å². The molecule has 0 fully saturated rings. The number of nitrogens with zero attached hydrogens (tertiary/aromatic N) is 1. The predicted molar refractivity (Wildman–Crippen MR) is 152 cm³/mol. The number of carbonyl (C=O) groups excluding carboxylic acids is 2. The Morgan fingerprint density at radius 3 is 2.31 bits per heavy atom. The number of para-hydroxylation sites is 1. The van der Waals surface area contributed by atoms with E-state index in [9.17, 15) is 9.59 Å². The van der Waals surface area contributed by atoms with Gasteiger partial charge in [0.25, 0.3) is 5.91 Å². The quantitative estimate of drug-likeness (QED) is 0.108. The van der Waals surface area contributed by atoms with Crippen molar-refractivity contribution >= 4 is 28.9 Å². The minimum Gasteiger partial charge on any atom is -0.488 e. The lowest BCUT2D eigenvalue weighted by atomic mass is 10.0. The monoisotopic (exact) mass is 514 g/mol. The van der Waals surface area contributed by atoms with Gasteiger partial charge < -0.3 is 9.47 Å². The van der Waals surface area contributed by atoms with E-state index in [4.69, 9.17) is 9.47 Å². The zero-order valence-corrected chi connectivity index (χ0v) is 21.3. The molecule has 5 aromatic rings. The fourth-order valence-electron chi connectivity index (χ4n) is 4.08. The van der Waals surface area contributed by atoms with Crippen LogP contribution < -0.4 is 14.9 Å². The first-order valence-corrected chi connectivity index (χ1v) is 12.5. The summed E-state index contributed by atoms with van der Waals surface area (Å²) in [6.45, 7) is 2.29. The number of hydrazone groups is 1. The van der Waals surface area contributed by atoms with E-state index in [2.05, 4.69) is 10.5 Å². The van der Waals surface area contributed by atoms with Crippen molar-refractivity contribution < 1.29 is 19.1 Å². The minimum absolute atomic E-state index is 0.333. The highest BCUT2D eigenvalue weighted by Gasteiger charge is 2.15. The molecular weight excluding hydrogens is 488 g/mol. The van der Waals surface area contributed by atoms with Gasteiger partial charge in [0.2, 0.25) is 0 Å². The molecule has 0 bridgehead atoms. The molecule has 0 radical (unpaired) electrons. The smallest absolute Gasteiger partial charge is 0.343 e. The summed E-state index contributed by atoms with van der Waals surface area (Å²) in [5.41, 5.74) is 5.99. The molecule has 0 aliphatic carbocycles. The molecule has 1 N–H and O–H groups in total. The highest BCUT2D eigenvalue weighted by molar-refractivity contribution is 6.04. The van der Waals surface area contributed by atoms with Crippen LogP contribution in [0.15, 0.2) is 120 Å². The molecular formula is C33H26N2O4. The number of hydrogen-bond donors (Lipinski definition) is 1. The Labute approximate surface area is 226 Å². The summed E-state index contributed by atoms with van der Waals surface area (Å²) in [7, 11) is 0. The summed E-state index contributed by atoms with van der Waals surface area (Å²) in [4.78, 5) is 25.8. The fraction of sp³-hybridized carbons (Fsp3) is 0.0606. The molecule has 0 aromatic heterocycles. The third-order valence-corrected chi connectivity index (χ3v) is 6.15. The Hall–Kier alpha value is -5.23. The van der Waals surface area contributed by atoms with E-state index in [-0.39, 0.29) is 0 Å². The van der Waals surface area contributed by atoms with Crippen LogP contribution in [0.3, 0.4) is 0 Å². The first-order valence-electron chi connectivity index (χ1n) is 12.5. The van der Waals surface area contributed by atoms with E-state index < -0.39 is 11.9 Å². The highest BCUT2D eigenvalue weighted by atomic mass is 16.5. The SMILES string of the molecule is Cc1ccc(C(=O)Oc2ccc3ccccc3c2C=NNC(=O)c2ccccc2OCc2ccccc2)cc1. The average Bonchev–Trinajstić information content (AvgIpc) is 2.98. The fourth-order valence-corrected chi connectivity index (χ4v) is 4.08. The second kappa shape index (κ2) is 11.9. The molecule has 6 nitrogen and oxygen atoms in total. The molecule has 0 atom stereocenters. The first kappa shape index (κ1) is 25.4. The predicted octanol–water partition coefficient (Wildman–Crippen LogP) is 6.71. The summed E-state index contributed by atoms with van der Waals surface area (Å²) in [6.07, 6.45) is 1.49. The molecule has 0 saturated heterocycles. The van der Waals surface area contributed by atoms with E-state index in [0.717, 1.165) is 21.9 Å². The van der Waals surface area contributed by atoms with Crippen LogP contribution in [0.25, 0.3) is 10.8 Å². The molecule has 0 heterocycles. The highest BCUT2D eigenvalue weighted by Crippen LogP contribution is 2.27. The Balaban J connectivity index is 1.36. The van der Waals surface area contributed by atoms with Gasteiger partial charge in [0.05, 0.1) is 17.3 Å². The van der Waals surface area contributed by atoms with E-state index in [1.807, 2.05) is 85.8 Å². The lowest BCUT2D eigenvalue weighted by molar-refractivity contribution is 0.0734. The van der Waals surface area contributed by atoms with Crippen LogP contribution in [0.1, 0.15) is 37.4 Å². The Bertz CT molecular complexity index is 1640. The molecule has 192 valence electrons. The van der Waals surface area contributed by atoms with Gasteiger partial charge in [-0.3, -0.25) is 4.79 Å². The van der Waals surface area contributed by atoms with Gasteiger partial charge in [0.15, 0.2) is 0 Å². The average molecular weight is 515 g/mol. The topological polar surface area (TPSA) is 77.0 Å². The number of nitrogens with one attached hydrogen (secondary N) is 1. The molecule has 0 aliphatic rings. The van der Waals surface area contributed by atoms with E-state index >= 15 is 0 Å². The third-order valence-electron chi connectivity index (χ3n) is 6.15. The number of fused-ring (bicyclic) bond motifs is 1. The van der Waals surface area contributed by atoms with Crippen molar-refractivity contribution in [3.63, 3.8) is 0 Å². The van der Waals surface area contributed by atoms with Gasteiger partial charge in [-0.2, -0.15) is 5.10 Å². The third kappa shape index (κ3) is 6.19. The van der Waals surface area contributed by atoms with Crippen molar-refractivity contribution in [3.05, 3.63) is 143 Å².